The van der Waals surface area contributed by atoms with Crippen LogP contribution in [0.5, 0.6) is 0 Å². The van der Waals surface area contributed by atoms with Crippen molar-refractivity contribution in [3.05, 3.63) is 45.5 Å². The molecule has 2 aromatic rings. The van der Waals surface area contributed by atoms with Gasteiger partial charge in [0.25, 0.3) is 0 Å². The van der Waals surface area contributed by atoms with Crippen LogP contribution in [-0.2, 0) is 0 Å². The Morgan fingerprint density at radius 3 is 2.94 bits per heavy atom. The van der Waals surface area contributed by atoms with Crippen LogP contribution >= 0.6 is 27.5 Å². The van der Waals surface area contributed by atoms with Gasteiger partial charge in [-0.05, 0) is 45.7 Å². The smallest absolute Gasteiger partial charge is 0.224 e. The maximum absolute atomic E-state index is 13.0. The first-order valence-electron chi connectivity index (χ1n) is 4.75. The molecule has 0 atom stereocenters. The molecule has 0 saturated carbocycles. The van der Waals surface area contributed by atoms with E-state index < -0.39 is 5.82 Å². The molecule has 2 rings (SSSR count). The molecule has 4 nitrogen and oxygen atoms in total. The largest absolute Gasteiger partial charge is 0.338 e. The molecule has 0 aliphatic heterocycles. The highest BCUT2D eigenvalue weighted by Gasteiger charge is 2.08. The molecule has 0 radical (unpaired) electrons. The van der Waals surface area contributed by atoms with Crippen molar-refractivity contribution in [1.82, 2.24) is 9.97 Å². The van der Waals surface area contributed by atoms with Crippen molar-refractivity contribution in [2.24, 2.45) is 0 Å². The number of benzene rings is 1. The summed E-state index contributed by atoms with van der Waals surface area (Å²) in [4.78, 5) is 7.74. The molecule has 0 fully saturated rings. The SMILES string of the molecule is N#Cc1cc(F)ccc1Nc1nc(Cl)ncc1Br. The quantitative estimate of drug-likeness (QED) is 0.855. The normalized spacial score (nSPS) is 9.89. The van der Waals surface area contributed by atoms with Crippen LogP contribution in [0.25, 0.3) is 0 Å². The van der Waals surface area contributed by atoms with Gasteiger partial charge in [0.2, 0.25) is 5.28 Å². The molecule has 0 aliphatic carbocycles. The van der Waals surface area contributed by atoms with Crippen molar-refractivity contribution >= 4 is 39.0 Å². The highest BCUT2D eigenvalue weighted by atomic mass is 79.9. The summed E-state index contributed by atoms with van der Waals surface area (Å²) in [7, 11) is 0. The fourth-order valence-electron chi connectivity index (χ4n) is 1.28. The average Bonchev–Trinajstić information content (AvgIpc) is 2.36. The molecule has 0 bridgehead atoms. The molecule has 1 aromatic heterocycles. The predicted molar refractivity (Wildman–Crippen MR) is 69.1 cm³/mol. The lowest BCUT2D eigenvalue weighted by atomic mass is 10.2. The summed E-state index contributed by atoms with van der Waals surface area (Å²) in [6, 6.07) is 5.74. The van der Waals surface area contributed by atoms with Gasteiger partial charge in [-0.15, -0.1) is 0 Å². The zero-order valence-electron chi connectivity index (χ0n) is 8.78. The third-order valence-electron chi connectivity index (χ3n) is 2.07. The number of nitriles is 1. The minimum Gasteiger partial charge on any atom is -0.338 e. The molecular formula is C11H5BrClFN4. The third kappa shape index (κ3) is 2.75. The maximum atomic E-state index is 13.0. The van der Waals surface area contributed by atoms with Gasteiger partial charge < -0.3 is 5.32 Å². The van der Waals surface area contributed by atoms with Gasteiger partial charge in [0, 0.05) is 6.20 Å². The van der Waals surface area contributed by atoms with E-state index in [1.54, 1.807) is 0 Å². The summed E-state index contributed by atoms with van der Waals surface area (Å²) in [5.41, 5.74) is 0.617. The molecule has 1 aromatic carbocycles. The van der Waals surface area contributed by atoms with Gasteiger partial charge in [0.15, 0.2) is 0 Å². The summed E-state index contributed by atoms with van der Waals surface area (Å²) < 4.78 is 13.6. The molecule has 0 spiro atoms. The lowest BCUT2D eigenvalue weighted by molar-refractivity contribution is 0.627. The highest BCUT2D eigenvalue weighted by Crippen LogP contribution is 2.26. The van der Waals surface area contributed by atoms with E-state index in [2.05, 4.69) is 31.2 Å². The topological polar surface area (TPSA) is 61.6 Å². The van der Waals surface area contributed by atoms with Crippen molar-refractivity contribution < 1.29 is 4.39 Å². The van der Waals surface area contributed by atoms with Crippen molar-refractivity contribution in [2.45, 2.75) is 0 Å². The lowest BCUT2D eigenvalue weighted by Crippen LogP contribution is -1.99. The number of nitrogens with zero attached hydrogens (tertiary/aromatic N) is 3. The Morgan fingerprint density at radius 1 is 1.44 bits per heavy atom. The third-order valence-corrected chi connectivity index (χ3v) is 2.83. The Morgan fingerprint density at radius 2 is 2.22 bits per heavy atom. The first-order chi connectivity index (χ1) is 8.60. The summed E-state index contributed by atoms with van der Waals surface area (Å²) in [5, 5.41) is 11.9. The maximum Gasteiger partial charge on any atom is 0.224 e. The zero-order valence-corrected chi connectivity index (χ0v) is 11.1. The van der Waals surface area contributed by atoms with Gasteiger partial charge in [-0.1, -0.05) is 0 Å². The fourth-order valence-corrected chi connectivity index (χ4v) is 1.70. The Labute approximate surface area is 116 Å². The van der Waals surface area contributed by atoms with Crippen LogP contribution in [-0.4, -0.2) is 9.97 Å². The first kappa shape index (κ1) is 12.7. The van der Waals surface area contributed by atoms with E-state index in [0.29, 0.717) is 16.0 Å². The Kier molecular flexibility index (Phi) is 3.75. The second-order valence-corrected chi connectivity index (χ2v) is 4.45. The van der Waals surface area contributed by atoms with Crippen LogP contribution in [0.2, 0.25) is 5.28 Å². The number of nitrogens with one attached hydrogen (secondary N) is 1. The summed E-state index contributed by atoms with van der Waals surface area (Å²) in [5.74, 6) is -0.0741. The predicted octanol–water partition coefficient (Wildman–Crippen LogP) is 3.65. The molecule has 0 aliphatic rings. The molecule has 0 saturated heterocycles. The van der Waals surface area contributed by atoms with Crippen LogP contribution < -0.4 is 5.32 Å². The second-order valence-electron chi connectivity index (χ2n) is 3.26. The number of hydrogen-bond donors (Lipinski definition) is 1. The fraction of sp³-hybridized carbons (Fsp3) is 0. The Bertz CT molecular complexity index is 641. The van der Waals surface area contributed by atoms with Gasteiger partial charge in [-0.25, -0.2) is 9.37 Å². The number of halogens is 3. The van der Waals surface area contributed by atoms with E-state index in [4.69, 9.17) is 16.9 Å². The Balaban J connectivity index is 2.40. The van der Waals surface area contributed by atoms with Crippen LogP contribution in [0, 0.1) is 17.1 Å². The second kappa shape index (κ2) is 5.29. The van der Waals surface area contributed by atoms with Crippen LogP contribution in [0.15, 0.2) is 28.9 Å². The number of hydrogen-bond acceptors (Lipinski definition) is 4. The number of rotatable bonds is 2. The van der Waals surface area contributed by atoms with Crippen LogP contribution in [0.4, 0.5) is 15.9 Å². The molecule has 90 valence electrons. The molecule has 18 heavy (non-hydrogen) atoms. The van der Waals surface area contributed by atoms with Gasteiger partial charge >= 0.3 is 0 Å². The minimum absolute atomic E-state index is 0.0707. The zero-order chi connectivity index (χ0) is 13.1. The molecule has 7 heteroatoms. The molecular weight excluding hydrogens is 323 g/mol. The van der Waals surface area contributed by atoms with Gasteiger partial charge in [-0.2, -0.15) is 10.2 Å². The van der Waals surface area contributed by atoms with Gasteiger partial charge in [0.05, 0.1) is 15.7 Å². The number of anilines is 2. The number of aromatic nitrogens is 2. The summed E-state index contributed by atoms with van der Waals surface area (Å²) in [6.45, 7) is 0. The van der Waals surface area contributed by atoms with Crippen LogP contribution in [0.1, 0.15) is 5.56 Å². The van der Waals surface area contributed by atoms with Gasteiger partial charge in [0.1, 0.15) is 17.7 Å². The van der Waals surface area contributed by atoms with E-state index >= 15 is 0 Å². The molecule has 0 amide bonds. The van der Waals surface area contributed by atoms with Crippen molar-refractivity contribution in [3.8, 4) is 6.07 Å². The summed E-state index contributed by atoms with van der Waals surface area (Å²) in [6.07, 6.45) is 1.48. The lowest BCUT2D eigenvalue weighted by Gasteiger charge is -2.08. The van der Waals surface area contributed by atoms with E-state index in [1.165, 1.54) is 18.3 Å². The molecule has 1 N–H and O–H groups in total. The minimum atomic E-state index is -0.475. The van der Waals surface area contributed by atoms with Crippen molar-refractivity contribution in [2.75, 3.05) is 5.32 Å². The van der Waals surface area contributed by atoms with E-state index in [9.17, 15) is 4.39 Å². The van der Waals surface area contributed by atoms with E-state index in [-0.39, 0.29) is 10.8 Å². The van der Waals surface area contributed by atoms with Crippen LogP contribution in [0.3, 0.4) is 0 Å². The van der Waals surface area contributed by atoms with Gasteiger partial charge in [-0.3, -0.25) is 0 Å². The monoisotopic (exact) mass is 326 g/mol. The van der Waals surface area contributed by atoms with Crippen molar-refractivity contribution in [3.63, 3.8) is 0 Å². The standard InChI is InChI=1S/C11H5BrClFN4/c12-8-5-16-11(13)18-10(8)17-9-2-1-7(14)3-6(9)4-15/h1-3,5H,(H,16,17,18). The summed E-state index contributed by atoms with van der Waals surface area (Å²) >= 11 is 8.92. The molecule has 0 unspecified atom stereocenters. The highest BCUT2D eigenvalue weighted by molar-refractivity contribution is 9.10. The Hall–Kier alpha value is -1.71. The molecule has 1 heterocycles. The first-order valence-corrected chi connectivity index (χ1v) is 5.92. The average molecular weight is 328 g/mol. The van der Waals surface area contributed by atoms with E-state index in [0.717, 1.165) is 6.07 Å². The van der Waals surface area contributed by atoms with E-state index in [1.807, 2.05) is 6.07 Å². The van der Waals surface area contributed by atoms with Crippen molar-refractivity contribution in [1.29, 1.82) is 5.26 Å².